The summed E-state index contributed by atoms with van der Waals surface area (Å²) in [4.78, 5) is 4.23. The second kappa shape index (κ2) is 4.03. The fraction of sp³-hybridized carbons (Fsp3) is 0.200. The lowest BCUT2D eigenvalue weighted by atomic mass is 10.5. The maximum atomic E-state index is 5.28. The van der Waals surface area contributed by atoms with Gasteiger partial charge >= 0.3 is 0 Å². The van der Waals surface area contributed by atoms with Gasteiger partial charge in [0.25, 0.3) is 0 Å². The summed E-state index contributed by atoms with van der Waals surface area (Å²) in [5.74, 6) is 0.338. The molecule has 0 saturated carbocycles. The lowest BCUT2D eigenvalue weighted by Gasteiger charge is -1.87. The van der Waals surface area contributed by atoms with E-state index >= 15 is 0 Å². The highest BCUT2D eigenvalue weighted by atomic mass is 32.1. The van der Waals surface area contributed by atoms with Gasteiger partial charge in [0.05, 0.1) is 0 Å². The van der Waals surface area contributed by atoms with Gasteiger partial charge in [-0.2, -0.15) is 0 Å². The van der Waals surface area contributed by atoms with Crippen LogP contribution in [0, 0.1) is 0 Å². The first-order valence-electron chi connectivity index (χ1n) is 2.40. The Morgan fingerprint density at radius 2 is 2.22 bits per heavy atom. The minimum absolute atomic E-state index is 0.338. The van der Waals surface area contributed by atoms with Crippen LogP contribution in [0.25, 0.3) is 0 Å². The van der Waals surface area contributed by atoms with E-state index in [9.17, 15) is 0 Å². The van der Waals surface area contributed by atoms with E-state index in [0.717, 1.165) is 0 Å². The molecule has 0 bridgehead atoms. The Morgan fingerprint density at radius 1 is 1.67 bits per heavy atom. The Hall–Kier alpha value is -0.900. The average molecular weight is 143 g/mol. The minimum atomic E-state index is 0.338. The van der Waals surface area contributed by atoms with E-state index in [1.165, 1.54) is 12.3 Å². The van der Waals surface area contributed by atoms with Gasteiger partial charge in [0.1, 0.15) is 10.8 Å². The SMILES string of the molecule is CC(=S)N=C(N)/C=C\N. The van der Waals surface area contributed by atoms with Crippen LogP contribution in [0.5, 0.6) is 0 Å². The second-order valence-corrected chi connectivity index (χ2v) is 2.01. The van der Waals surface area contributed by atoms with Crippen molar-refractivity contribution in [2.45, 2.75) is 6.92 Å². The van der Waals surface area contributed by atoms with Gasteiger partial charge in [-0.1, -0.05) is 12.2 Å². The second-order valence-electron chi connectivity index (χ2n) is 1.41. The Balaban J connectivity index is 4.00. The molecule has 0 radical (unpaired) electrons. The largest absolute Gasteiger partial charge is 0.404 e. The average Bonchev–Trinajstić information content (AvgIpc) is 1.63. The number of hydrogen-bond acceptors (Lipinski definition) is 2. The van der Waals surface area contributed by atoms with Gasteiger partial charge in [-0.15, -0.1) is 0 Å². The Kier molecular flexibility index (Phi) is 3.62. The van der Waals surface area contributed by atoms with Crippen molar-refractivity contribution in [3.63, 3.8) is 0 Å². The molecule has 0 aliphatic carbocycles. The number of hydrogen-bond donors (Lipinski definition) is 2. The molecule has 3 nitrogen and oxygen atoms in total. The third kappa shape index (κ3) is 4.96. The lowest BCUT2D eigenvalue weighted by Crippen LogP contribution is -2.09. The number of nitrogens with zero attached hydrogens (tertiary/aromatic N) is 1. The van der Waals surface area contributed by atoms with Crippen molar-refractivity contribution in [3.8, 4) is 0 Å². The molecule has 0 aromatic carbocycles. The summed E-state index contributed by atoms with van der Waals surface area (Å²) in [6, 6.07) is 0. The van der Waals surface area contributed by atoms with Crippen molar-refractivity contribution >= 4 is 23.0 Å². The van der Waals surface area contributed by atoms with Crippen LogP contribution in [0.2, 0.25) is 0 Å². The molecule has 9 heavy (non-hydrogen) atoms. The van der Waals surface area contributed by atoms with E-state index in [1.54, 1.807) is 6.92 Å². The summed E-state index contributed by atoms with van der Waals surface area (Å²) in [6.45, 7) is 1.69. The van der Waals surface area contributed by atoms with Crippen LogP contribution >= 0.6 is 12.2 Å². The van der Waals surface area contributed by atoms with Gasteiger partial charge in [-0.05, 0) is 19.2 Å². The molecule has 0 amide bonds. The van der Waals surface area contributed by atoms with Crippen LogP contribution in [0.3, 0.4) is 0 Å². The van der Waals surface area contributed by atoms with Crippen molar-refractivity contribution in [3.05, 3.63) is 12.3 Å². The number of thiocarbonyl (C=S) groups is 1. The predicted octanol–water partition coefficient (Wildman–Crippen LogP) is 0.163. The summed E-state index contributed by atoms with van der Waals surface area (Å²) in [6.07, 6.45) is 2.80. The van der Waals surface area contributed by atoms with E-state index < -0.39 is 0 Å². The fourth-order valence-electron chi connectivity index (χ4n) is 0.318. The zero-order valence-electron chi connectivity index (χ0n) is 5.16. The molecule has 4 N–H and O–H groups in total. The van der Waals surface area contributed by atoms with Crippen LogP contribution in [-0.2, 0) is 0 Å². The number of nitrogens with two attached hydrogens (primary N) is 2. The van der Waals surface area contributed by atoms with E-state index in [1.807, 2.05) is 0 Å². The first-order chi connectivity index (χ1) is 4.16. The summed E-state index contributed by atoms with van der Waals surface area (Å²) in [7, 11) is 0. The van der Waals surface area contributed by atoms with Gasteiger partial charge in [0.2, 0.25) is 0 Å². The quantitative estimate of drug-likeness (QED) is 0.312. The molecule has 0 fully saturated rings. The molecular formula is C5H9N3S. The molecule has 0 atom stereocenters. The number of rotatable bonds is 1. The molecule has 50 valence electrons. The lowest BCUT2D eigenvalue weighted by molar-refractivity contribution is 1.55. The molecule has 0 aliphatic heterocycles. The van der Waals surface area contributed by atoms with Gasteiger partial charge < -0.3 is 11.5 Å². The normalized spacial score (nSPS) is 12.3. The highest BCUT2D eigenvalue weighted by molar-refractivity contribution is 7.80. The van der Waals surface area contributed by atoms with E-state index in [4.69, 9.17) is 11.5 Å². The summed E-state index contributed by atoms with van der Waals surface area (Å²) >= 11 is 4.64. The fourth-order valence-corrected chi connectivity index (χ4v) is 0.423. The monoisotopic (exact) mass is 143 g/mol. The summed E-state index contributed by atoms with van der Waals surface area (Å²) < 4.78 is 0. The molecular weight excluding hydrogens is 134 g/mol. The molecule has 0 saturated heterocycles. The Morgan fingerprint density at radius 3 is 2.56 bits per heavy atom. The summed E-state index contributed by atoms with van der Waals surface area (Å²) in [5.41, 5.74) is 10.3. The van der Waals surface area contributed by atoms with Crippen molar-refractivity contribution < 1.29 is 0 Å². The van der Waals surface area contributed by atoms with Crippen molar-refractivity contribution in [1.82, 2.24) is 0 Å². The molecule has 0 aromatic heterocycles. The van der Waals surface area contributed by atoms with E-state index in [-0.39, 0.29) is 0 Å². The third-order valence-corrected chi connectivity index (χ3v) is 0.645. The minimum Gasteiger partial charge on any atom is -0.404 e. The standard InChI is InChI=1S/C5H9N3S/c1-4(9)8-5(7)2-3-6/h2-3H,6H2,1H3,(H2,7,8,9)/b3-2-. The number of amidine groups is 1. The molecule has 0 aliphatic rings. The van der Waals surface area contributed by atoms with Crippen molar-refractivity contribution in [2.75, 3.05) is 0 Å². The van der Waals surface area contributed by atoms with Gasteiger partial charge in [-0.25, -0.2) is 4.99 Å². The van der Waals surface area contributed by atoms with Gasteiger partial charge in [0, 0.05) is 0 Å². The van der Waals surface area contributed by atoms with Crippen LogP contribution in [-0.4, -0.2) is 10.8 Å². The topological polar surface area (TPSA) is 64.4 Å². The molecule has 0 spiro atoms. The predicted molar refractivity (Wildman–Crippen MR) is 43.2 cm³/mol. The maximum absolute atomic E-state index is 5.28. The van der Waals surface area contributed by atoms with Crippen LogP contribution in [0.4, 0.5) is 0 Å². The molecule has 0 aromatic rings. The Labute approximate surface area is 59.4 Å². The van der Waals surface area contributed by atoms with E-state index in [2.05, 4.69) is 17.2 Å². The van der Waals surface area contributed by atoms with Crippen LogP contribution in [0.15, 0.2) is 17.3 Å². The first kappa shape index (κ1) is 8.10. The van der Waals surface area contributed by atoms with Crippen molar-refractivity contribution in [2.24, 2.45) is 16.5 Å². The zero-order chi connectivity index (χ0) is 7.28. The van der Waals surface area contributed by atoms with E-state index in [0.29, 0.717) is 10.8 Å². The maximum Gasteiger partial charge on any atom is 0.126 e. The van der Waals surface area contributed by atoms with Crippen LogP contribution in [0.1, 0.15) is 6.92 Å². The third-order valence-electron chi connectivity index (χ3n) is 0.554. The highest BCUT2D eigenvalue weighted by Gasteiger charge is 1.82. The molecule has 0 unspecified atom stereocenters. The Bertz CT molecular complexity index is 160. The van der Waals surface area contributed by atoms with Crippen LogP contribution < -0.4 is 11.5 Å². The zero-order valence-corrected chi connectivity index (χ0v) is 5.98. The number of aliphatic imine (C=N–C) groups is 1. The van der Waals surface area contributed by atoms with Gasteiger partial charge in [-0.3, -0.25) is 0 Å². The molecule has 4 heteroatoms. The van der Waals surface area contributed by atoms with Crippen molar-refractivity contribution in [1.29, 1.82) is 0 Å². The first-order valence-corrected chi connectivity index (χ1v) is 2.80. The smallest absolute Gasteiger partial charge is 0.126 e. The molecule has 0 rings (SSSR count). The van der Waals surface area contributed by atoms with Gasteiger partial charge in [0.15, 0.2) is 0 Å². The summed E-state index contributed by atoms with van der Waals surface area (Å²) in [5, 5.41) is 0. The molecule has 0 heterocycles. The highest BCUT2D eigenvalue weighted by Crippen LogP contribution is 1.77.